The monoisotopic (exact) mass is 500 g/mol. The minimum atomic E-state index is -2.77. The first-order valence-electron chi connectivity index (χ1n) is 13.6. The van der Waals surface area contributed by atoms with Crippen molar-refractivity contribution in [3.63, 3.8) is 0 Å². The number of aliphatic carboxylic acids is 2. The Morgan fingerprint density at radius 2 is 1.14 bits per heavy atom. The largest absolute Gasteiger partial charge is 0.481 e. The number of aliphatic hydroxyl groups is 1. The Kier molecular flexibility index (Phi) is 19.1. The van der Waals surface area contributed by atoms with Gasteiger partial charge in [0.25, 0.3) is 0 Å². The van der Waals surface area contributed by atoms with Crippen LogP contribution in [0.3, 0.4) is 0 Å². The predicted molar refractivity (Wildman–Crippen MR) is 134 cm³/mol. The summed E-state index contributed by atoms with van der Waals surface area (Å²) in [6, 6.07) is 0. The molecule has 2 atom stereocenters. The summed E-state index contributed by atoms with van der Waals surface area (Å²) < 4.78 is 5.27. The van der Waals surface area contributed by atoms with Gasteiger partial charge in [-0.05, 0) is 19.3 Å². The van der Waals surface area contributed by atoms with Crippen LogP contribution in [0.4, 0.5) is 0 Å². The highest BCUT2D eigenvalue weighted by Crippen LogP contribution is 2.20. The first-order chi connectivity index (χ1) is 16.7. The first kappa shape index (κ1) is 33.0. The van der Waals surface area contributed by atoms with Crippen LogP contribution in [0.2, 0.25) is 0 Å². The molecule has 0 aliphatic carbocycles. The molecule has 0 amide bonds. The number of esters is 1. The van der Waals surface area contributed by atoms with Gasteiger partial charge in [0.15, 0.2) is 17.5 Å². The number of rotatable bonds is 24. The van der Waals surface area contributed by atoms with Crippen LogP contribution in [0.1, 0.15) is 136 Å². The van der Waals surface area contributed by atoms with Crippen molar-refractivity contribution < 1.29 is 39.2 Å². The lowest BCUT2D eigenvalue weighted by Gasteiger charge is -2.22. The van der Waals surface area contributed by atoms with Crippen LogP contribution in [0.15, 0.2) is 0 Å². The Labute approximate surface area is 210 Å². The van der Waals surface area contributed by atoms with E-state index in [1.807, 2.05) is 6.92 Å². The highest BCUT2D eigenvalue weighted by molar-refractivity contribution is 5.90. The fourth-order valence-electron chi connectivity index (χ4n) is 4.07. The van der Waals surface area contributed by atoms with Gasteiger partial charge in [-0.1, -0.05) is 97.3 Å². The summed E-state index contributed by atoms with van der Waals surface area (Å²) in [4.78, 5) is 47.1. The maximum atomic E-state index is 12.6. The van der Waals surface area contributed by atoms with Crippen molar-refractivity contribution in [1.29, 1.82) is 0 Å². The Bertz CT molecular complexity index is 618. The topological polar surface area (TPSA) is 138 Å². The Hall–Kier alpha value is -1.96. The summed E-state index contributed by atoms with van der Waals surface area (Å²) in [5.41, 5.74) is -2.77. The fourth-order valence-corrected chi connectivity index (χ4v) is 4.07. The molecule has 0 aliphatic rings. The van der Waals surface area contributed by atoms with E-state index in [2.05, 4.69) is 6.92 Å². The minimum absolute atomic E-state index is 0.216. The number of Topliss-reactive ketones (excluding diaryl/α,β-unsaturated/α-hetero) is 1. The van der Waals surface area contributed by atoms with Crippen molar-refractivity contribution in [2.24, 2.45) is 0 Å². The van der Waals surface area contributed by atoms with E-state index in [4.69, 9.17) is 14.9 Å². The van der Waals surface area contributed by atoms with Crippen LogP contribution in [-0.4, -0.2) is 50.7 Å². The molecule has 3 N–H and O–H groups in total. The number of unbranched alkanes of at least 4 members (excludes halogenated alkanes) is 13. The highest BCUT2D eigenvalue weighted by Gasteiger charge is 2.42. The second kappa shape index (κ2) is 20.3. The smallest absolute Gasteiger partial charge is 0.336 e. The molecule has 35 heavy (non-hydrogen) atoms. The maximum absolute atomic E-state index is 12.6. The zero-order valence-corrected chi connectivity index (χ0v) is 21.9. The van der Waals surface area contributed by atoms with E-state index in [0.29, 0.717) is 19.3 Å². The summed E-state index contributed by atoms with van der Waals surface area (Å²) in [6.45, 7) is 4.24. The molecule has 0 aromatic heterocycles. The van der Waals surface area contributed by atoms with Crippen LogP contribution in [0.5, 0.6) is 0 Å². The summed E-state index contributed by atoms with van der Waals surface area (Å²) >= 11 is 0. The summed E-state index contributed by atoms with van der Waals surface area (Å²) in [7, 11) is 0. The van der Waals surface area contributed by atoms with Gasteiger partial charge < -0.3 is 20.1 Å². The lowest BCUT2D eigenvalue weighted by Crippen LogP contribution is -2.44. The van der Waals surface area contributed by atoms with Crippen LogP contribution >= 0.6 is 0 Å². The normalized spacial score (nSPS) is 13.7. The molecule has 0 rings (SSSR count). The Morgan fingerprint density at radius 1 is 0.686 bits per heavy atom. The van der Waals surface area contributed by atoms with Gasteiger partial charge in [0, 0.05) is 6.42 Å². The van der Waals surface area contributed by atoms with Crippen molar-refractivity contribution in [3.8, 4) is 0 Å². The predicted octanol–water partition coefficient (Wildman–Crippen LogP) is 5.82. The molecule has 0 saturated heterocycles. The lowest BCUT2D eigenvalue weighted by atomic mass is 9.95. The molecule has 0 spiro atoms. The van der Waals surface area contributed by atoms with Crippen molar-refractivity contribution in [1.82, 2.24) is 0 Å². The van der Waals surface area contributed by atoms with Gasteiger partial charge in [-0.25, -0.2) is 4.79 Å². The average Bonchev–Trinajstić information content (AvgIpc) is 2.78. The minimum Gasteiger partial charge on any atom is -0.481 e. The van der Waals surface area contributed by atoms with Crippen LogP contribution in [-0.2, 0) is 23.9 Å². The second-order valence-electron chi connectivity index (χ2n) is 9.66. The zero-order chi connectivity index (χ0) is 26.5. The number of carboxylic acid groups (broad SMARTS) is 2. The van der Waals surface area contributed by atoms with E-state index in [9.17, 15) is 24.3 Å². The van der Waals surface area contributed by atoms with Crippen LogP contribution in [0.25, 0.3) is 0 Å². The summed E-state index contributed by atoms with van der Waals surface area (Å²) in [5, 5.41) is 28.1. The molecular formula is C27H48O8. The number of carbonyl (C=O) groups excluding carboxylic acids is 2. The van der Waals surface area contributed by atoms with Crippen molar-refractivity contribution in [2.45, 2.75) is 148 Å². The molecule has 0 fully saturated rings. The van der Waals surface area contributed by atoms with Gasteiger partial charge in [-0.3, -0.25) is 14.4 Å². The molecule has 204 valence electrons. The molecule has 0 aromatic carbocycles. The van der Waals surface area contributed by atoms with Gasteiger partial charge in [-0.15, -0.1) is 0 Å². The van der Waals surface area contributed by atoms with Gasteiger partial charge >= 0.3 is 17.9 Å². The number of ketones is 1. The quantitative estimate of drug-likeness (QED) is 0.111. The highest BCUT2D eigenvalue weighted by atomic mass is 16.5. The maximum Gasteiger partial charge on any atom is 0.336 e. The SMILES string of the molecule is CCCCCCCCCCCCCCC(OC(=O)CC(O)(CC(=O)O)C(=O)O)C(=O)CCCCC. The number of hydrogen-bond acceptors (Lipinski definition) is 6. The van der Waals surface area contributed by atoms with Crippen LogP contribution in [0, 0.1) is 0 Å². The summed E-state index contributed by atoms with van der Waals surface area (Å²) in [5.74, 6) is -4.66. The molecule has 0 saturated carbocycles. The van der Waals surface area contributed by atoms with E-state index in [1.54, 1.807) is 0 Å². The number of carboxylic acids is 2. The van der Waals surface area contributed by atoms with Gasteiger partial charge in [0.2, 0.25) is 0 Å². The Morgan fingerprint density at radius 3 is 1.60 bits per heavy atom. The van der Waals surface area contributed by atoms with Crippen molar-refractivity contribution >= 4 is 23.7 Å². The molecule has 0 bridgehead atoms. The van der Waals surface area contributed by atoms with E-state index in [0.717, 1.165) is 32.1 Å². The van der Waals surface area contributed by atoms with E-state index < -0.39 is 42.5 Å². The first-order valence-corrected chi connectivity index (χ1v) is 13.6. The molecule has 0 aliphatic heterocycles. The number of hydrogen-bond donors (Lipinski definition) is 3. The van der Waals surface area contributed by atoms with Gasteiger partial charge in [0.1, 0.15) is 0 Å². The number of carbonyl (C=O) groups is 4. The van der Waals surface area contributed by atoms with Crippen molar-refractivity contribution in [3.05, 3.63) is 0 Å². The Balaban J connectivity index is 4.52. The van der Waals surface area contributed by atoms with E-state index in [1.165, 1.54) is 51.4 Å². The molecular weight excluding hydrogens is 452 g/mol. The lowest BCUT2D eigenvalue weighted by molar-refractivity contribution is -0.174. The number of ether oxygens (including phenoxy) is 1. The van der Waals surface area contributed by atoms with Crippen LogP contribution < -0.4 is 0 Å². The molecule has 8 nitrogen and oxygen atoms in total. The second-order valence-corrected chi connectivity index (χ2v) is 9.66. The molecule has 0 heterocycles. The molecule has 2 unspecified atom stereocenters. The summed E-state index contributed by atoms with van der Waals surface area (Å²) in [6.07, 6.45) is 14.0. The molecule has 0 radical (unpaired) electrons. The van der Waals surface area contributed by atoms with Gasteiger partial charge in [0.05, 0.1) is 12.8 Å². The van der Waals surface area contributed by atoms with E-state index >= 15 is 0 Å². The molecule has 0 aromatic rings. The van der Waals surface area contributed by atoms with E-state index in [-0.39, 0.29) is 12.2 Å². The van der Waals surface area contributed by atoms with Crippen molar-refractivity contribution in [2.75, 3.05) is 0 Å². The third-order valence-corrected chi connectivity index (χ3v) is 6.26. The average molecular weight is 501 g/mol. The fraction of sp³-hybridized carbons (Fsp3) is 0.852. The third-order valence-electron chi connectivity index (χ3n) is 6.26. The zero-order valence-electron chi connectivity index (χ0n) is 21.9. The molecule has 8 heteroatoms. The van der Waals surface area contributed by atoms with Gasteiger partial charge in [-0.2, -0.15) is 0 Å². The third kappa shape index (κ3) is 17.2. The standard InChI is InChI=1S/C27H48O8/c1-3-5-7-8-9-10-11-12-13-14-15-17-19-23(22(28)18-16-6-4-2)35-25(31)21-27(34,26(32)33)20-24(29)30/h23,34H,3-21H2,1-2H3,(H,29,30)(H,32,33).